The first-order chi connectivity index (χ1) is 8.18. The van der Waals surface area contributed by atoms with E-state index in [2.05, 4.69) is 29.3 Å². The smallest absolute Gasteiger partial charge is 0.0537 e. The van der Waals surface area contributed by atoms with Gasteiger partial charge in [0.1, 0.15) is 0 Å². The minimum absolute atomic E-state index is 0. The van der Waals surface area contributed by atoms with Gasteiger partial charge in [-0.3, -0.25) is 9.58 Å². The van der Waals surface area contributed by atoms with Crippen LogP contribution in [0.2, 0.25) is 0 Å². The molecule has 0 amide bonds. The van der Waals surface area contributed by atoms with Crippen LogP contribution in [0.4, 0.5) is 0 Å². The summed E-state index contributed by atoms with van der Waals surface area (Å²) in [6.07, 6.45) is 5.86. The molecule has 1 unspecified atom stereocenters. The summed E-state index contributed by atoms with van der Waals surface area (Å²) < 4.78 is 1.96. The zero-order chi connectivity index (χ0) is 12.3. The Labute approximate surface area is 116 Å². The normalized spacial score (nSPS) is 20.6. The average Bonchev–Trinajstić information content (AvgIpc) is 2.59. The van der Waals surface area contributed by atoms with Crippen LogP contribution in [0.1, 0.15) is 30.5 Å². The van der Waals surface area contributed by atoms with Gasteiger partial charge in [0.15, 0.2) is 0 Å². The van der Waals surface area contributed by atoms with Crippen LogP contribution in [0, 0.1) is 6.92 Å². The third kappa shape index (κ3) is 3.70. The number of aromatic nitrogens is 2. The first-order valence-corrected chi connectivity index (χ1v) is 6.57. The number of nitrogens with one attached hydrogen (secondary N) is 1. The van der Waals surface area contributed by atoms with Crippen molar-refractivity contribution in [2.45, 2.75) is 38.8 Å². The lowest BCUT2D eigenvalue weighted by Gasteiger charge is -2.26. The van der Waals surface area contributed by atoms with Crippen LogP contribution in [-0.2, 0) is 13.6 Å². The molecule has 0 aromatic carbocycles. The minimum Gasteiger partial charge on any atom is -0.317 e. The number of halogens is 1. The molecule has 0 radical (unpaired) electrons. The number of nitrogens with zero attached hydrogens (tertiary/aromatic N) is 3. The molecular weight excluding hydrogens is 248 g/mol. The highest BCUT2D eigenvalue weighted by atomic mass is 35.5. The fourth-order valence-electron chi connectivity index (χ4n) is 2.54. The summed E-state index contributed by atoms with van der Waals surface area (Å²) in [6.45, 7) is 5.49. The second-order valence-electron chi connectivity index (χ2n) is 5.13. The van der Waals surface area contributed by atoms with E-state index in [0.717, 1.165) is 13.1 Å². The molecule has 2 heterocycles. The van der Waals surface area contributed by atoms with E-state index in [1.54, 1.807) is 0 Å². The van der Waals surface area contributed by atoms with E-state index in [1.165, 1.54) is 37.1 Å². The maximum Gasteiger partial charge on any atom is 0.0537 e. The molecule has 1 aliphatic rings. The topological polar surface area (TPSA) is 33.1 Å². The lowest BCUT2D eigenvalue weighted by molar-refractivity contribution is 0.216. The molecule has 0 spiro atoms. The largest absolute Gasteiger partial charge is 0.317 e. The van der Waals surface area contributed by atoms with Gasteiger partial charge in [0, 0.05) is 30.9 Å². The van der Waals surface area contributed by atoms with E-state index in [4.69, 9.17) is 0 Å². The summed E-state index contributed by atoms with van der Waals surface area (Å²) in [7, 11) is 4.25. The van der Waals surface area contributed by atoms with Crippen molar-refractivity contribution in [2.24, 2.45) is 7.05 Å². The molecule has 104 valence electrons. The Hall–Kier alpha value is -0.580. The average molecular weight is 273 g/mol. The first kappa shape index (κ1) is 15.5. The number of rotatable bonds is 3. The summed E-state index contributed by atoms with van der Waals surface area (Å²) in [6, 6.07) is 0.713. The van der Waals surface area contributed by atoms with Crippen molar-refractivity contribution in [3.05, 3.63) is 17.5 Å². The molecule has 1 atom stereocenters. The molecule has 1 fully saturated rings. The molecule has 18 heavy (non-hydrogen) atoms. The summed E-state index contributed by atoms with van der Waals surface area (Å²) in [5.74, 6) is 0. The summed E-state index contributed by atoms with van der Waals surface area (Å²) in [4.78, 5) is 2.48. The third-order valence-corrected chi connectivity index (χ3v) is 3.93. The molecule has 1 N–H and O–H groups in total. The molecule has 0 bridgehead atoms. The van der Waals surface area contributed by atoms with E-state index in [0.29, 0.717) is 6.04 Å². The van der Waals surface area contributed by atoms with Crippen molar-refractivity contribution < 1.29 is 0 Å². The Balaban J connectivity index is 0.00000162. The van der Waals surface area contributed by atoms with Crippen LogP contribution in [0.25, 0.3) is 0 Å². The van der Waals surface area contributed by atoms with E-state index in [-0.39, 0.29) is 12.4 Å². The SMILES string of the molecule is Cc1c(CN(C)C2CCCNCC2)cnn1C.Cl. The third-order valence-electron chi connectivity index (χ3n) is 3.93. The van der Waals surface area contributed by atoms with Crippen LogP contribution < -0.4 is 5.32 Å². The van der Waals surface area contributed by atoms with Gasteiger partial charge in [-0.1, -0.05) is 0 Å². The second-order valence-corrected chi connectivity index (χ2v) is 5.13. The van der Waals surface area contributed by atoms with Gasteiger partial charge in [0.25, 0.3) is 0 Å². The van der Waals surface area contributed by atoms with Crippen molar-refractivity contribution in [3.63, 3.8) is 0 Å². The second kappa shape index (κ2) is 7.12. The van der Waals surface area contributed by atoms with Crippen LogP contribution in [-0.4, -0.2) is 40.9 Å². The molecule has 1 aliphatic heterocycles. The van der Waals surface area contributed by atoms with Gasteiger partial charge >= 0.3 is 0 Å². The van der Waals surface area contributed by atoms with Gasteiger partial charge in [-0.2, -0.15) is 5.10 Å². The highest BCUT2D eigenvalue weighted by molar-refractivity contribution is 5.85. The molecule has 1 saturated heterocycles. The number of hydrogen-bond donors (Lipinski definition) is 1. The summed E-state index contributed by atoms with van der Waals surface area (Å²) in [5, 5.41) is 7.78. The van der Waals surface area contributed by atoms with E-state index < -0.39 is 0 Å². The Kier molecular flexibility index (Phi) is 6.12. The number of hydrogen-bond acceptors (Lipinski definition) is 3. The van der Waals surface area contributed by atoms with Crippen molar-refractivity contribution in [1.82, 2.24) is 20.0 Å². The number of aryl methyl sites for hydroxylation is 1. The predicted molar refractivity (Wildman–Crippen MR) is 77.2 cm³/mol. The Bertz CT molecular complexity index is 356. The van der Waals surface area contributed by atoms with Crippen molar-refractivity contribution >= 4 is 12.4 Å². The standard InChI is InChI=1S/C13H24N4.ClH/c1-11-12(9-15-17(11)3)10-16(2)13-5-4-7-14-8-6-13;/h9,13-14H,4-8,10H2,1-3H3;1H. The Morgan fingerprint density at radius 1 is 1.44 bits per heavy atom. The van der Waals surface area contributed by atoms with Gasteiger partial charge < -0.3 is 5.32 Å². The first-order valence-electron chi connectivity index (χ1n) is 6.57. The van der Waals surface area contributed by atoms with Crippen LogP contribution in [0.3, 0.4) is 0 Å². The van der Waals surface area contributed by atoms with E-state index in [1.807, 2.05) is 17.9 Å². The summed E-state index contributed by atoms with van der Waals surface area (Å²) in [5.41, 5.74) is 2.64. The minimum atomic E-state index is 0. The monoisotopic (exact) mass is 272 g/mol. The molecule has 2 rings (SSSR count). The van der Waals surface area contributed by atoms with Crippen LogP contribution in [0.15, 0.2) is 6.20 Å². The van der Waals surface area contributed by atoms with Crippen molar-refractivity contribution in [2.75, 3.05) is 20.1 Å². The predicted octanol–water partition coefficient (Wildman–Crippen LogP) is 1.72. The molecule has 4 nitrogen and oxygen atoms in total. The highest BCUT2D eigenvalue weighted by Gasteiger charge is 2.18. The van der Waals surface area contributed by atoms with Gasteiger partial charge in [0.2, 0.25) is 0 Å². The van der Waals surface area contributed by atoms with Crippen LogP contribution >= 0.6 is 12.4 Å². The van der Waals surface area contributed by atoms with Crippen LogP contribution in [0.5, 0.6) is 0 Å². The molecular formula is C13H25ClN4. The summed E-state index contributed by atoms with van der Waals surface area (Å²) >= 11 is 0. The fraction of sp³-hybridized carbons (Fsp3) is 0.769. The van der Waals surface area contributed by atoms with Crippen molar-refractivity contribution in [3.8, 4) is 0 Å². The van der Waals surface area contributed by atoms with Gasteiger partial charge in [0.05, 0.1) is 6.20 Å². The highest BCUT2D eigenvalue weighted by Crippen LogP contribution is 2.16. The quantitative estimate of drug-likeness (QED) is 0.910. The van der Waals surface area contributed by atoms with E-state index >= 15 is 0 Å². The molecule has 1 aromatic rings. The Morgan fingerprint density at radius 2 is 2.22 bits per heavy atom. The molecule has 0 aliphatic carbocycles. The zero-order valence-corrected chi connectivity index (χ0v) is 12.5. The van der Waals surface area contributed by atoms with E-state index in [9.17, 15) is 0 Å². The lowest BCUT2D eigenvalue weighted by Crippen LogP contribution is -2.32. The molecule has 5 heteroatoms. The molecule has 1 aromatic heterocycles. The Morgan fingerprint density at radius 3 is 2.89 bits per heavy atom. The molecule has 0 saturated carbocycles. The van der Waals surface area contributed by atoms with Crippen molar-refractivity contribution in [1.29, 1.82) is 0 Å². The zero-order valence-electron chi connectivity index (χ0n) is 11.6. The maximum absolute atomic E-state index is 4.31. The fourth-order valence-corrected chi connectivity index (χ4v) is 2.54. The maximum atomic E-state index is 4.31. The van der Waals surface area contributed by atoms with Gasteiger partial charge in [-0.25, -0.2) is 0 Å². The lowest BCUT2D eigenvalue weighted by atomic mass is 10.1. The van der Waals surface area contributed by atoms with Gasteiger partial charge in [-0.05, 0) is 46.3 Å². The van der Waals surface area contributed by atoms with Gasteiger partial charge in [-0.15, -0.1) is 12.4 Å².